The maximum atomic E-state index is 11.6. The third-order valence-corrected chi connectivity index (χ3v) is 4.76. The van der Waals surface area contributed by atoms with Crippen LogP contribution < -0.4 is 10.6 Å². The van der Waals surface area contributed by atoms with E-state index in [1.807, 2.05) is 6.92 Å². The summed E-state index contributed by atoms with van der Waals surface area (Å²) < 4.78 is 5.32. The number of nitro groups is 1. The predicted molar refractivity (Wildman–Crippen MR) is 104 cm³/mol. The number of ether oxygens (including phenoxy) is 1. The highest BCUT2D eigenvalue weighted by molar-refractivity contribution is 6.31. The summed E-state index contributed by atoms with van der Waals surface area (Å²) in [6, 6.07) is 5.32. The summed E-state index contributed by atoms with van der Waals surface area (Å²) in [5, 5.41) is 18.3. The third kappa shape index (κ3) is 4.82. The van der Waals surface area contributed by atoms with E-state index in [0.717, 1.165) is 25.2 Å². The van der Waals surface area contributed by atoms with Gasteiger partial charge in [-0.15, -0.1) is 0 Å². The van der Waals surface area contributed by atoms with Gasteiger partial charge in [0.25, 0.3) is 0 Å². The van der Waals surface area contributed by atoms with Gasteiger partial charge in [0.05, 0.1) is 18.1 Å². The number of hydrogen-bond acceptors (Lipinski definition) is 8. The molecule has 0 spiro atoms. The van der Waals surface area contributed by atoms with Crippen LogP contribution in [0.2, 0.25) is 5.02 Å². The van der Waals surface area contributed by atoms with Gasteiger partial charge in [-0.3, -0.25) is 15.0 Å². The number of morpholine rings is 1. The number of nitrogens with zero attached hydrogens (tertiary/aromatic N) is 4. The first kappa shape index (κ1) is 19.3. The van der Waals surface area contributed by atoms with E-state index >= 15 is 0 Å². The van der Waals surface area contributed by atoms with Crippen molar-refractivity contribution >= 4 is 34.6 Å². The SMILES string of the molecule is Cc1c(Cl)cccc1Nc1ncnc(NCCN2CCOCC2)c1[N+](=O)[O-]. The molecular weight excluding hydrogens is 372 g/mol. The molecule has 1 aliphatic heterocycles. The van der Waals surface area contributed by atoms with Gasteiger partial charge in [0.15, 0.2) is 0 Å². The van der Waals surface area contributed by atoms with Crippen LogP contribution in [0.1, 0.15) is 5.56 Å². The Morgan fingerprint density at radius 1 is 1.30 bits per heavy atom. The third-order valence-electron chi connectivity index (χ3n) is 4.35. The summed E-state index contributed by atoms with van der Waals surface area (Å²) in [4.78, 5) is 21.5. The van der Waals surface area contributed by atoms with Gasteiger partial charge < -0.3 is 15.4 Å². The molecule has 3 rings (SSSR count). The van der Waals surface area contributed by atoms with E-state index in [1.54, 1.807) is 18.2 Å². The Bertz CT molecular complexity index is 813. The topological polar surface area (TPSA) is 105 Å². The highest BCUT2D eigenvalue weighted by atomic mass is 35.5. The lowest BCUT2D eigenvalue weighted by Gasteiger charge is -2.26. The zero-order valence-electron chi connectivity index (χ0n) is 14.9. The number of nitrogens with one attached hydrogen (secondary N) is 2. The molecule has 0 atom stereocenters. The number of halogens is 1. The molecule has 0 amide bonds. The number of anilines is 3. The van der Waals surface area contributed by atoms with Crippen molar-refractivity contribution in [3.63, 3.8) is 0 Å². The van der Waals surface area contributed by atoms with Crippen LogP contribution in [0.3, 0.4) is 0 Å². The largest absolute Gasteiger partial charge is 0.379 e. The van der Waals surface area contributed by atoms with Crippen molar-refractivity contribution in [3.05, 3.63) is 45.2 Å². The average Bonchev–Trinajstić information content (AvgIpc) is 2.66. The fourth-order valence-electron chi connectivity index (χ4n) is 2.80. The first-order valence-corrected chi connectivity index (χ1v) is 8.99. The van der Waals surface area contributed by atoms with E-state index in [2.05, 4.69) is 25.5 Å². The van der Waals surface area contributed by atoms with E-state index in [0.29, 0.717) is 30.5 Å². The van der Waals surface area contributed by atoms with Crippen LogP contribution in [0, 0.1) is 17.0 Å². The van der Waals surface area contributed by atoms with E-state index in [4.69, 9.17) is 16.3 Å². The van der Waals surface area contributed by atoms with Gasteiger partial charge in [0, 0.05) is 36.9 Å². The molecule has 0 saturated carbocycles. The van der Waals surface area contributed by atoms with Gasteiger partial charge in [-0.1, -0.05) is 17.7 Å². The van der Waals surface area contributed by atoms with Crippen molar-refractivity contribution in [2.45, 2.75) is 6.92 Å². The molecule has 1 aromatic heterocycles. The number of benzene rings is 1. The molecule has 27 heavy (non-hydrogen) atoms. The molecule has 1 fully saturated rings. The minimum atomic E-state index is -0.487. The van der Waals surface area contributed by atoms with Crippen LogP contribution in [-0.4, -0.2) is 59.2 Å². The maximum Gasteiger partial charge on any atom is 0.353 e. The number of aromatic nitrogens is 2. The van der Waals surface area contributed by atoms with Crippen molar-refractivity contribution in [2.24, 2.45) is 0 Å². The molecule has 1 saturated heterocycles. The van der Waals surface area contributed by atoms with Gasteiger partial charge in [0.2, 0.25) is 11.6 Å². The van der Waals surface area contributed by atoms with Gasteiger partial charge in [-0.05, 0) is 24.6 Å². The molecule has 0 unspecified atom stereocenters. The van der Waals surface area contributed by atoms with Gasteiger partial charge in [-0.25, -0.2) is 9.97 Å². The monoisotopic (exact) mass is 392 g/mol. The summed E-state index contributed by atoms with van der Waals surface area (Å²) in [7, 11) is 0. The molecule has 2 aromatic rings. The van der Waals surface area contributed by atoms with E-state index < -0.39 is 4.92 Å². The lowest BCUT2D eigenvalue weighted by molar-refractivity contribution is -0.383. The van der Waals surface area contributed by atoms with E-state index in [9.17, 15) is 10.1 Å². The smallest absolute Gasteiger partial charge is 0.353 e. The molecule has 0 radical (unpaired) electrons. The molecule has 10 heteroatoms. The first-order valence-electron chi connectivity index (χ1n) is 8.61. The van der Waals surface area contributed by atoms with Gasteiger partial charge in [0.1, 0.15) is 6.33 Å². The van der Waals surface area contributed by atoms with Gasteiger partial charge >= 0.3 is 5.69 Å². The van der Waals surface area contributed by atoms with Crippen molar-refractivity contribution in [2.75, 3.05) is 50.0 Å². The first-order chi connectivity index (χ1) is 13.1. The second-order valence-corrected chi connectivity index (χ2v) is 6.50. The molecule has 9 nitrogen and oxygen atoms in total. The summed E-state index contributed by atoms with van der Waals surface area (Å²) in [6.45, 7) is 6.25. The molecule has 0 bridgehead atoms. The van der Waals surface area contributed by atoms with Crippen LogP contribution in [-0.2, 0) is 4.74 Å². The Kier molecular flexibility index (Phi) is 6.38. The van der Waals surface area contributed by atoms with Crippen molar-refractivity contribution < 1.29 is 9.66 Å². The zero-order chi connectivity index (χ0) is 19.2. The van der Waals surface area contributed by atoms with Crippen LogP contribution >= 0.6 is 11.6 Å². The van der Waals surface area contributed by atoms with E-state index in [1.165, 1.54) is 6.33 Å². The van der Waals surface area contributed by atoms with Crippen molar-refractivity contribution in [3.8, 4) is 0 Å². The Labute approximate surface area is 161 Å². The number of hydrogen-bond donors (Lipinski definition) is 2. The molecule has 1 aliphatic rings. The standard InChI is InChI=1S/C17H21ClN6O3/c1-12-13(18)3-2-4-14(12)22-17-15(24(25)26)16(20-11-21-17)19-5-6-23-7-9-27-10-8-23/h2-4,11H,5-10H2,1H3,(H2,19,20,21,22). The summed E-state index contributed by atoms with van der Waals surface area (Å²) in [6.07, 6.45) is 1.30. The maximum absolute atomic E-state index is 11.6. The minimum absolute atomic E-state index is 0.120. The van der Waals surface area contributed by atoms with Crippen LogP contribution in [0.4, 0.5) is 23.0 Å². The fraction of sp³-hybridized carbons (Fsp3) is 0.412. The zero-order valence-corrected chi connectivity index (χ0v) is 15.7. The molecule has 0 aliphatic carbocycles. The molecule has 1 aromatic carbocycles. The average molecular weight is 393 g/mol. The normalized spacial score (nSPS) is 14.7. The van der Waals surface area contributed by atoms with Crippen LogP contribution in [0.5, 0.6) is 0 Å². The second-order valence-electron chi connectivity index (χ2n) is 6.09. The Balaban J connectivity index is 1.75. The predicted octanol–water partition coefficient (Wildman–Crippen LogP) is 2.83. The Hall–Kier alpha value is -2.49. The lowest BCUT2D eigenvalue weighted by Crippen LogP contribution is -2.39. The highest BCUT2D eigenvalue weighted by Gasteiger charge is 2.23. The molecule has 144 valence electrons. The lowest BCUT2D eigenvalue weighted by atomic mass is 10.2. The molecular formula is C17H21ClN6O3. The minimum Gasteiger partial charge on any atom is -0.379 e. The summed E-state index contributed by atoms with van der Waals surface area (Å²) in [5.41, 5.74) is 1.25. The Morgan fingerprint density at radius 3 is 2.78 bits per heavy atom. The molecule has 2 heterocycles. The quantitative estimate of drug-likeness (QED) is 0.547. The second kappa shape index (κ2) is 8.94. The van der Waals surface area contributed by atoms with Crippen LogP contribution in [0.25, 0.3) is 0 Å². The van der Waals surface area contributed by atoms with Crippen molar-refractivity contribution in [1.82, 2.24) is 14.9 Å². The summed E-state index contributed by atoms with van der Waals surface area (Å²) >= 11 is 6.12. The van der Waals surface area contributed by atoms with Crippen LogP contribution in [0.15, 0.2) is 24.5 Å². The summed E-state index contributed by atoms with van der Waals surface area (Å²) in [5.74, 6) is 0.305. The fourth-order valence-corrected chi connectivity index (χ4v) is 2.97. The van der Waals surface area contributed by atoms with Crippen molar-refractivity contribution in [1.29, 1.82) is 0 Å². The molecule has 2 N–H and O–H groups in total. The Morgan fingerprint density at radius 2 is 2.04 bits per heavy atom. The highest BCUT2D eigenvalue weighted by Crippen LogP contribution is 2.33. The number of rotatable bonds is 7. The van der Waals surface area contributed by atoms with E-state index in [-0.39, 0.29) is 17.3 Å². The van der Waals surface area contributed by atoms with Gasteiger partial charge in [-0.2, -0.15) is 0 Å².